The molecule has 0 amide bonds. The van der Waals surface area contributed by atoms with Crippen LogP contribution in [0.2, 0.25) is 0 Å². The van der Waals surface area contributed by atoms with E-state index in [4.69, 9.17) is 9.47 Å². The molecule has 3 rings (SSSR count). The number of benzene rings is 2. The van der Waals surface area contributed by atoms with Gasteiger partial charge in [0.25, 0.3) is 0 Å². The molecule has 1 aliphatic heterocycles. The average molecular weight is 334 g/mol. The maximum Gasteiger partial charge on any atom is 0.133 e. The number of halogens is 1. The highest BCUT2D eigenvalue weighted by Gasteiger charge is 2.20. The Morgan fingerprint density at radius 1 is 1.25 bits per heavy atom. The number of anilines is 1. The summed E-state index contributed by atoms with van der Waals surface area (Å²) in [5, 5.41) is 3.52. The van der Waals surface area contributed by atoms with Gasteiger partial charge in [-0.05, 0) is 45.3 Å². The monoisotopic (exact) mass is 333 g/mol. The fraction of sp³-hybridized carbons (Fsp3) is 0.250. The minimum absolute atomic E-state index is 0.181. The lowest BCUT2D eigenvalue weighted by Gasteiger charge is -2.27. The Morgan fingerprint density at radius 3 is 2.90 bits per heavy atom. The van der Waals surface area contributed by atoms with Gasteiger partial charge in [-0.15, -0.1) is 0 Å². The number of nitrogens with one attached hydrogen (secondary N) is 1. The summed E-state index contributed by atoms with van der Waals surface area (Å²) < 4.78 is 11.8. The highest BCUT2D eigenvalue weighted by molar-refractivity contribution is 9.10. The van der Waals surface area contributed by atoms with Crippen LogP contribution in [0.5, 0.6) is 5.75 Å². The zero-order valence-electron chi connectivity index (χ0n) is 11.2. The van der Waals surface area contributed by atoms with Gasteiger partial charge >= 0.3 is 0 Å². The van der Waals surface area contributed by atoms with E-state index < -0.39 is 0 Å². The summed E-state index contributed by atoms with van der Waals surface area (Å²) in [5.41, 5.74) is 3.61. The van der Waals surface area contributed by atoms with E-state index in [9.17, 15) is 0 Å². The third-order valence-corrected chi connectivity index (χ3v) is 4.08. The second kappa shape index (κ2) is 5.85. The van der Waals surface area contributed by atoms with E-state index >= 15 is 0 Å². The van der Waals surface area contributed by atoms with Crippen LogP contribution >= 0.6 is 15.9 Å². The molecule has 0 radical (unpaired) electrons. The summed E-state index contributed by atoms with van der Waals surface area (Å²) in [4.78, 5) is 0. The lowest BCUT2D eigenvalue weighted by atomic mass is 9.99. The molecule has 1 aliphatic rings. The van der Waals surface area contributed by atoms with Crippen molar-refractivity contribution in [1.82, 2.24) is 0 Å². The van der Waals surface area contributed by atoms with E-state index in [1.54, 1.807) is 7.11 Å². The number of hydrogen-bond acceptors (Lipinski definition) is 3. The standard InChI is InChI=1S/C16H16BrNO2/c1-19-16-7-6-12(8-14(16)17)18-15-10-20-9-11-4-2-3-5-13(11)15/h2-8,15,18H,9-10H2,1H3. The third-order valence-electron chi connectivity index (χ3n) is 3.47. The van der Waals surface area contributed by atoms with Crippen LogP contribution in [-0.2, 0) is 11.3 Å². The molecule has 4 heteroatoms. The highest BCUT2D eigenvalue weighted by Crippen LogP contribution is 2.31. The van der Waals surface area contributed by atoms with Gasteiger partial charge in [0, 0.05) is 5.69 Å². The molecule has 1 atom stereocenters. The number of rotatable bonds is 3. The van der Waals surface area contributed by atoms with Crippen molar-refractivity contribution < 1.29 is 9.47 Å². The lowest BCUT2D eigenvalue weighted by Crippen LogP contribution is -2.23. The van der Waals surface area contributed by atoms with Crippen molar-refractivity contribution >= 4 is 21.6 Å². The van der Waals surface area contributed by atoms with Gasteiger partial charge in [-0.25, -0.2) is 0 Å². The summed E-state index contributed by atoms with van der Waals surface area (Å²) in [6, 6.07) is 14.6. The Balaban J connectivity index is 1.84. The normalized spacial score (nSPS) is 17.4. The first-order valence-corrected chi connectivity index (χ1v) is 7.33. The molecule has 3 nitrogen and oxygen atoms in total. The van der Waals surface area contributed by atoms with Crippen molar-refractivity contribution in [3.63, 3.8) is 0 Å². The van der Waals surface area contributed by atoms with Crippen LogP contribution in [0.25, 0.3) is 0 Å². The Kier molecular flexibility index (Phi) is 3.94. The molecule has 0 saturated heterocycles. The van der Waals surface area contributed by atoms with Crippen LogP contribution in [0.1, 0.15) is 17.2 Å². The van der Waals surface area contributed by atoms with Crippen LogP contribution in [0.15, 0.2) is 46.9 Å². The van der Waals surface area contributed by atoms with Gasteiger partial charge in [0.2, 0.25) is 0 Å². The van der Waals surface area contributed by atoms with Crippen molar-refractivity contribution in [2.45, 2.75) is 12.6 Å². The van der Waals surface area contributed by atoms with Crippen LogP contribution in [0.3, 0.4) is 0 Å². The zero-order valence-corrected chi connectivity index (χ0v) is 12.8. The fourth-order valence-corrected chi connectivity index (χ4v) is 3.00. The Labute approximate surface area is 127 Å². The molecule has 0 spiro atoms. The minimum Gasteiger partial charge on any atom is -0.496 e. The first-order chi connectivity index (χ1) is 9.78. The smallest absolute Gasteiger partial charge is 0.133 e. The second-order valence-electron chi connectivity index (χ2n) is 4.76. The molecular formula is C16H16BrNO2. The predicted octanol–water partition coefficient (Wildman–Crippen LogP) is 4.14. The van der Waals surface area contributed by atoms with E-state index in [0.717, 1.165) is 15.9 Å². The van der Waals surface area contributed by atoms with E-state index in [1.807, 2.05) is 18.2 Å². The maximum atomic E-state index is 5.66. The van der Waals surface area contributed by atoms with Gasteiger partial charge in [0.05, 0.1) is 30.8 Å². The summed E-state index contributed by atoms with van der Waals surface area (Å²) in [5.74, 6) is 0.829. The van der Waals surface area contributed by atoms with Gasteiger partial charge in [0.1, 0.15) is 5.75 Å². The third kappa shape index (κ3) is 2.67. The molecule has 1 unspecified atom stereocenters. The summed E-state index contributed by atoms with van der Waals surface area (Å²) in [6.07, 6.45) is 0. The van der Waals surface area contributed by atoms with Crippen molar-refractivity contribution in [3.8, 4) is 5.75 Å². The summed E-state index contributed by atoms with van der Waals surface area (Å²) in [7, 11) is 1.67. The van der Waals surface area contributed by atoms with E-state index in [2.05, 4.69) is 45.5 Å². The van der Waals surface area contributed by atoms with E-state index in [0.29, 0.717) is 13.2 Å². The minimum atomic E-state index is 0.181. The maximum absolute atomic E-state index is 5.66. The second-order valence-corrected chi connectivity index (χ2v) is 5.61. The van der Waals surface area contributed by atoms with Gasteiger partial charge in [-0.1, -0.05) is 24.3 Å². The lowest BCUT2D eigenvalue weighted by molar-refractivity contribution is 0.0970. The molecule has 1 N–H and O–H groups in total. The molecule has 0 saturated carbocycles. The highest BCUT2D eigenvalue weighted by atomic mass is 79.9. The van der Waals surface area contributed by atoms with E-state index in [1.165, 1.54) is 11.1 Å². The molecule has 2 aromatic rings. The molecule has 0 bridgehead atoms. The fourth-order valence-electron chi connectivity index (χ4n) is 2.46. The largest absolute Gasteiger partial charge is 0.496 e. The van der Waals surface area contributed by atoms with Crippen LogP contribution in [0, 0.1) is 0 Å². The number of hydrogen-bond donors (Lipinski definition) is 1. The molecule has 0 aliphatic carbocycles. The molecule has 1 heterocycles. The molecule has 0 aromatic heterocycles. The molecule has 0 fully saturated rings. The quantitative estimate of drug-likeness (QED) is 0.915. The number of fused-ring (bicyclic) bond motifs is 1. The number of methoxy groups -OCH3 is 1. The summed E-state index contributed by atoms with van der Waals surface area (Å²) >= 11 is 3.51. The van der Waals surface area contributed by atoms with Crippen LogP contribution in [0.4, 0.5) is 5.69 Å². The van der Waals surface area contributed by atoms with Gasteiger partial charge in [-0.3, -0.25) is 0 Å². The van der Waals surface area contributed by atoms with Crippen molar-refractivity contribution in [1.29, 1.82) is 0 Å². The van der Waals surface area contributed by atoms with Crippen LogP contribution < -0.4 is 10.1 Å². The molecule has 104 valence electrons. The first kappa shape index (κ1) is 13.5. The first-order valence-electron chi connectivity index (χ1n) is 6.53. The average Bonchev–Trinajstić information content (AvgIpc) is 2.48. The SMILES string of the molecule is COc1ccc(NC2COCc3ccccc32)cc1Br. The molecular weight excluding hydrogens is 318 g/mol. The van der Waals surface area contributed by atoms with E-state index in [-0.39, 0.29) is 6.04 Å². The van der Waals surface area contributed by atoms with Crippen molar-refractivity contribution in [3.05, 3.63) is 58.1 Å². The zero-order chi connectivity index (χ0) is 13.9. The Morgan fingerprint density at radius 2 is 2.10 bits per heavy atom. The van der Waals surface area contributed by atoms with Crippen LogP contribution in [-0.4, -0.2) is 13.7 Å². The Bertz CT molecular complexity index is 615. The van der Waals surface area contributed by atoms with Gasteiger partial charge in [0.15, 0.2) is 0 Å². The Hall–Kier alpha value is -1.52. The predicted molar refractivity (Wildman–Crippen MR) is 83.2 cm³/mol. The number of ether oxygens (including phenoxy) is 2. The summed E-state index contributed by atoms with van der Waals surface area (Å²) in [6.45, 7) is 1.38. The molecule has 2 aromatic carbocycles. The van der Waals surface area contributed by atoms with Gasteiger partial charge in [-0.2, -0.15) is 0 Å². The molecule has 20 heavy (non-hydrogen) atoms. The van der Waals surface area contributed by atoms with Gasteiger partial charge < -0.3 is 14.8 Å². The topological polar surface area (TPSA) is 30.5 Å². The van der Waals surface area contributed by atoms with Crippen molar-refractivity contribution in [2.24, 2.45) is 0 Å². The van der Waals surface area contributed by atoms with Crippen molar-refractivity contribution in [2.75, 3.05) is 19.0 Å².